The van der Waals surface area contributed by atoms with E-state index < -0.39 is 89.4 Å². The summed E-state index contributed by atoms with van der Waals surface area (Å²) in [4.78, 5) is 2.82. The van der Waals surface area contributed by atoms with E-state index in [1.54, 1.807) is 41.5 Å². The summed E-state index contributed by atoms with van der Waals surface area (Å²) in [6, 6.07) is -8.60. The molecular formula is C57H50BN3OS. The van der Waals surface area contributed by atoms with Gasteiger partial charge in [-0.05, 0) is 129 Å². The molecule has 0 aliphatic carbocycles. The van der Waals surface area contributed by atoms with Gasteiger partial charge in [-0.2, -0.15) is 0 Å². The maximum Gasteiger partial charge on any atom is 0.297 e. The van der Waals surface area contributed by atoms with Crippen LogP contribution in [-0.2, 0) is 16.2 Å². The minimum atomic E-state index is -1.54. The van der Waals surface area contributed by atoms with Crippen LogP contribution in [0, 0.1) is 6.92 Å². The minimum Gasteiger partial charge on any atom is -0.468 e. The fraction of sp³-hybridized carbons (Fsp3) is 0.228. The molecule has 0 amide bonds. The van der Waals surface area contributed by atoms with E-state index in [2.05, 4.69) is 0 Å². The number of para-hydroxylation sites is 1. The van der Waals surface area contributed by atoms with Crippen molar-refractivity contribution in [1.82, 2.24) is 4.57 Å². The van der Waals surface area contributed by atoms with Gasteiger partial charge in [0.05, 0.1) is 66.9 Å². The van der Waals surface area contributed by atoms with Gasteiger partial charge < -0.3 is 18.8 Å². The van der Waals surface area contributed by atoms with Gasteiger partial charge in [-0.3, -0.25) is 0 Å². The van der Waals surface area contributed by atoms with Crippen molar-refractivity contribution >= 4 is 122 Å². The first-order valence-electron chi connectivity index (χ1n) is 30.9. The Morgan fingerprint density at radius 2 is 1.22 bits per heavy atom. The molecule has 0 fully saturated rings. The van der Waals surface area contributed by atoms with Crippen LogP contribution in [0.1, 0.15) is 112 Å². The summed E-state index contributed by atoms with van der Waals surface area (Å²) >= 11 is 0.807. The Labute approximate surface area is 401 Å². The fourth-order valence-electron chi connectivity index (χ4n) is 9.36. The maximum atomic E-state index is 10.4. The smallest absolute Gasteiger partial charge is 0.297 e. The van der Waals surface area contributed by atoms with Gasteiger partial charge in [0.25, 0.3) is 6.71 Å². The molecular weight excluding hydrogens is 786 g/mol. The van der Waals surface area contributed by atoms with Gasteiger partial charge in [-0.15, -0.1) is 11.3 Å². The Bertz CT molecular complexity index is 4850. The van der Waals surface area contributed by atoms with Crippen molar-refractivity contribution < 1.29 is 31.8 Å². The summed E-state index contributed by atoms with van der Waals surface area (Å²) in [7, 11) is 0. The second-order valence-electron chi connectivity index (χ2n) is 19.8. The van der Waals surface area contributed by atoms with Crippen LogP contribution in [0.5, 0.6) is 0 Å². The van der Waals surface area contributed by atoms with Gasteiger partial charge in [-0.25, -0.2) is 0 Å². The Hall–Kier alpha value is -6.24. The lowest BCUT2D eigenvalue weighted by atomic mass is 9.35. The van der Waals surface area contributed by atoms with Crippen LogP contribution in [0.2, 0.25) is 0 Å². The Balaban J connectivity index is 1.31. The Morgan fingerprint density at radius 3 is 1.98 bits per heavy atom. The Kier molecular flexibility index (Phi) is 4.29. The van der Waals surface area contributed by atoms with Gasteiger partial charge in [-0.1, -0.05) is 111 Å². The third-order valence-electron chi connectivity index (χ3n) is 12.4. The number of hydrogen-bond acceptors (Lipinski definition) is 4. The molecule has 0 spiro atoms. The first-order valence-corrected chi connectivity index (χ1v) is 21.8. The van der Waals surface area contributed by atoms with Gasteiger partial charge in [0.1, 0.15) is 5.58 Å². The van der Waals surface area contributed by atoms with Crippen LogP contribution < -0.4 is 26.4 Å². The molecule has 4 nitrogen and oxygen atoms in total. The zero-order valence-corrected chi connectivity index (χ0v) is 37.1. The molecule has 3 aliphatic rings. The van der Waals surface area contributed by atoms with Crippen molar-refractivity contribution in [2.24, 2.45) is 0 Å². The van der Waals surface area contributed by atoms with Crippen molar-refractivity contribution in [3.05, 3.63) is 143 Å². The zero-order chi connectivity index (χ0) is 60.6. The lowest BCUT2D eigenvalue weighted by molar-refractivity contribution is 0.590. The molecule has 0 saturated carbocycles. The van der Waals surface area contributed by atoms with Crippen molar-refractivity contribution in [3.63, 3.8) is 0 Å². The summed E-state index contributed by atoms with van der Waals surface area (Å²) in [5, 5.41) is -0.132. The van der Waals surface area contributed by atoms with Crippen LogP contribution in [0.25, 0.3) is 58.6 Å². The summed E-state index contributed by atoms with van der Waals surface area (Å²) < 4.78 is 203. The molecule has 63 heavy (non-hydrogen) atoms. The lowest BCUT2D eigenvalue weighted by Gasteiger charge is -2.45. The fourth-order valence-corrected chi connectivity index (χ4v) is 10.3. The highest BCUT2D eigenvalue weighted by Gasteiger charge is 2.49. The average molecular weight is 856 g/mol. The van der Waals surface area contributed by atoms with E-state index in [0.717, 1.165) is 11.3 Å². The molecule has 6 heterocycles. The van der Waals surface area contributed by atoms with E-state index in [-0.39, 0.29) is 186 Å². The third-order valence-corrected chi connectivity index (χ3v) is 13.4. The van der Waals surface area contributed by atoms with Crippen molar-refractivity contribution in [2.45, 2.75) is 85.5 Å². The zero-order valence-electron chi connectivity index (χ0n) is 56.2. The standard InChI is InChI=1S/C57H50BN3OS/c1-31-24-44-50-45(25-31)61-46-29-34(57(8,9)10)28-39-38-26-32(55(2,3)4)18-22-42(38)60(51(39)46)43-16-13-15-41(53(43)61)58(50)54-52(40-27-33(56(5,6)7)19-23-47(40)62-54)59(44)35-20-21-37-36-14-11-12-17-48(36)63-49(37)30-35/h11-30H,1-10H3/i11D,12D,13D,14D,15D,16D,17D,18D,19D,20D,21D,22D,23D,24D,25D,26D,27D,28D,29D,30D. The summed E-state index contributed by atoms with van der Waals surface area (Å²) in [6.45, 7) is 16.1. The summed E-state index contributed by atoms with van der Waals surface area (Å²) in [5.74, 6) is 0. The molecule has 7 aromatic carbocycles. The normalized spacial score (nSPS) is 18.9. The van der Waals surface area contributed by atoms with Crippen molar-refractivity contribution in [1.29, 1.82) is 0 Å². The number of aromatic nitrogens is 1. The van der Waals surface area contributed by atoms with E-state index in [9.17, 15) is 21.9 Å². The predicted octanol–water partition coefficient (Wildman–Crippen LogP) is 14.5. The van der Waals surface area contributed by atoms with Gasteiger partial charge >= 0.3 is 0 Å². The van der Waals surface area contributed by atoms with E-state index in [1.807, 2.05) is 20.8 Å². The van der Waals surface area contributed by atoms with E-state index >= 15 is 0 Å². The second kappa shape index (κ2) is 12.1. The highest BCUT2D eigenvalue weighted by molar-refractivity contribution is 7.25. The monoisotopic (exact) mass is 856 g/mol. The quantitative estimate of drug-likeness (QED) is 0.154. The van der Waals surface area contributed by atoms with E-state index in [0.29, 0.717) is 0 Å². The number of furan rings is 1. The van der Waals surface area contributed by atoms with Gasteiger partial charge in [0.15, 0.2) is 0 Å². The number of nitrogens with zero attached hydrogens (tertiary/aromatic N) is 3. The van der Waals surface area contributed by atoms with Crippen LogP contribution >= 0.6 is 11.3 Å². The van der Waals surface area contributed by atoms with Crippen molar-refractivity contribution in [2.75, 3.05) is 9.80 Å². The molecule has 0 saturated heterocycles. The minimum absolute atomic E-state index is 0.0116. The molecule has 6 heteroatoms. The number of thiophene rings is 1. The molecule has 3 aliphatic heterocycles. The van der Waals surface area contributed by atoms with Gasteiger partial charge in [0, 0.05) is 53.4 Å². The number of benzene rings is 7. The molecule has 0 bridgehead atoms. The molecule has 0 radical (unpaired) electrons. The van der Waals surface area contributed by atoms with Crippen molar-refractivity contribution in [3.8, 4) is 5.69 Å². The molecule has 3 aromatic heterocycles. The Morgan fingerprint density at radius 1 is 0.540 bits per heavy atom. The summed E-state index contributed by atoms with van der Waals surface area (Å²) in [5.41, 5.74) is -4.02. The second-order valence-corrected chi connectivity index (χ2v) is 20.9. The van der Waals surface area contributed by atoms with Crippen LogP contribution in [0.4, 0.5) is 34.1 Å². The molecule has 13 rings (SSSR count). The SMILES string of the molecule is [2H]c1c([2H])c2c3c(c1[2H])-n1c4c([2H])c([2H])c(C(C)(C)C)c([2H])c4c4c([2H])c(C(C)(C)C)c([2H])c(c41)N3c1c([2H])c(C)c([2H])c3c1B2c1oc2c([2H])c([2H])c(C(C)(C)C)c([2H])c2c1N3c1c([2H])c([2H])c2c(sc3c([2H])c([2H])c([2H])c([2H])c32)c1[2H]. The average Bonchev–Trinajstić information content (AvgIpc) is 1.65. The predicted molar refractivity (Wildman–Crippen MR) is 272 cm³/mol. The topological polar surface area (TPSA) is 24.6 Å². The van der Waals surface area contributed by atoms with Crippen LogP contribution in [0.3, 0.4) is 0 Å². The molecule has 0 unspecified atom stereocenters. The molecule has 10 aromatic rings. The molecule has 0 N–H and O–H groups in total. The highest BCUT2D eigenvalue weighted by atomic mass is 32.1. The van der Waals surface area contributed by atoms with E-state index in [1.165, 1.54) is 21.3 Å². The highest BCUT2D eigenvalue weighted by Crippen LogP contribution is 2.55. The molecule has 308 valence electrons. The third kappa shape index (κ3) is 4.99. The largest absolute Gasteiger partial charge is 0.468 e. The number of fused-ring (bicyclic) bond motifs is 14. The molecule has 0 atom stereocenters. The summed E-state index contributed by atoms with van der Waals surface area (Å²) in [6.07, 6.45) is 0. The van der Waals surface area contributed by atoms with Crippen LogP contribution in [-0.4, -0.2) is 11.3 Å². The lowest BCUT2D eigenvalue weighted by Crippen LogP contribution is -2.61. The van der Waals surface area contributed by atoms with Gasteiger partial charge in [0.2, 0.25) is 0 Å². The van der Waals surface area contributed by atoms with E-state index in [4.69, 9.17) is 9.90 Å². The number of anilines is 6. The number of rotatable bonds is 1. The first kappa shape index (κ1) is 22.4. The first-order chi connectivity index (χ1) is 38.5. The number of hydrogen-bond donors (Lipinski definition) is 0. The van der Waals surface area contributed by atoms with Crippen LogP contribution in [0.15, 0.2) is 125 Å². The maximum absolute atomic E-state index is 10.4.